The standard InChI is InChI=1S/C18H13BrF3N3O4/c1-24(16(26)10-5-6-25-14(7-10)13(19)9-23-25)11-3-4-15(29-18(20,21)22)12(8-11)17(27)28-2/h3-9H,1-2H3. The fourth-order valence-electron chi connectivity index (χ4n) is 2.60. The highest BCUT2D eigenvalue weighted by Gasteiger charge is 2.33. The zero-order chi connectivity index (χ0) is 21.3. The van der Waals surface area contributed by atoms with Gasteiger partial charge >= 0.3 is 12.3 Å². The Morgan fingerprint density at radius 1 is 1.21 bits per heavy atom. The van der Waals surface area contributed by atoms with Crippen LogP contribution in [0.15, 0.2) is 47.2 Å². The highest BCUT2D eigenvalue weighted by molar-refractivity contribution is 9.10. The molecule has 2 aromatic heterocycles. The number of nitrogens with zero attached hydrogens (tertiary/aromatic N) is 3. The maximum atomic E-state index is 12.8. The number of hydrogen-bond acceptors (Lipinski definition) is 5. The van der Waals surface area contributed by atoms with Crippen LogP contribution in [0.3, 0.4) is 0 Å². The number of hydrogen-bond donors (Lipinski definition) is 0. The third kappa shape index (κ3) is 4.34. The molecule has 0 bridgehead atoms. The average Bonchev–Trinajstić information content (AvgIpc) is 3.05. The Hall–Kier alpha value is -3.08. The van der Waals surface area contributed by atoms with E-state index in [-0.39, 0.29) is 5.69 Å². The first kappa shape index (κ1) is 20.6. The van der Waals surface area contributed by atoms with E-state index >= 15 is 0 Å². The normalized spacial score (nSPS) is 11.4. The first-order chi connectivity index (χ1) is 13.6. The number of aromatic nitrogens is 2. The van der Waals surface area contributed by atoms with Crippen molar-refractivity contribution in [2.24, 2.45) is 0 Å². The van der Waals surface area contributed by atoms with Crippen molar-refractivity contribution in [1.82, 2.24) is 9.61 Å². The van der Waals surface area contributed by atoms with E-state index in [0.29, 0.717) is 15.6 Å². The van der Waals surface area contributed by atoms with Gasteiger partial charge in [-0.15, -0.1) is 13.2 Å². The molecule has 0 saturated heterocycles. The third-order valence-electron chi connectivity index (χ3n) is 4.01. The summed E-state index contributed by atoms with van der Waals surface area (Å²) in [5.41, 5.74) is 0.693. The summed E-state index contributed by atoms with van der Waals surface area (Å²) >= 11 is 3.33. The van der Waals surface area contributed by atoms with Crippen molar-refractivity contribution in [3.63, 3.8) is 0 Å². The summed E-state index contributed by atoms with van der Waals surface area (Å²) in [6.07, 6.45) is -1.81. The van der Waals surface area contributed by atoms with Crippen LogP contribution in [-0.4, -0.2) is 42.0 Å². The number of pyridine rings is 1. The van der Waals surface area contributed by atoms with Crippen molar-refractivity contribution in [2.75, 3.05) is 19.1 Å². The van der Waals surface area contributed by atoms with Gasteiger partial charge in [0.05, 0.1) is 23.3 Å². The molecule has 11 heteroatoms. The van der Waals surface area contributed by atoms with Crippen LogP contribution >= 0.6 is 15.9 Å². The smallest absolute Gasteiger partial charge is 0.465 e. The number of anilines is 1. The van der Waals surface area contributed by atoms with Gasteiger partial charge < -0.3 is 14.4 Å². The number of carbonyl (C=O) groups excluding carboxylic acids is 2. The maximum absolute atomic E-state index is 12.8. The van der Waals surface area contributed by atoms with Crippen LogP contribution in [0.1, 0.15) is 20.7 Å². The van der Waals surface area contributed by atoms with Crippen molar-refractivity contribution >= 4 is 39.0 Å². The Morgan fingerprint density at radius 3 is 2.59 bits per heavy atom. The van der Waals surface area contributed by atoms with Gasteiger partial charge in [-0.25, -0.2) is 9.31 Å². The number of carbonyl (C=O) groups is 2. The van der Waals surface area contributed by atoms with Crippen LogP contribution in [0.25, 0.3) is 5.52 Å². The number of amides is 1. The van der Waals surface area contributed by atoms with Gasteiger partial charge in [0, 0.05) is 24.5 Å². The molecular formula is C18H13BrF3N3O4. The summed E-state index contributed by atoms with van der Waals surface area (Å²) in [6.45, 7) is 0. The molecule has 29 heavy (non-hydrogen) atoms. The molecule has 0 radical (unpaired) electrons. The minimum atomic E-state index is -4.99. The van der Waals surface area contributed by atoms with E-state index in [1.807, 2.05) is 0 Å². The fourth-order valence-corrected chi connectivity index (χ4v) is 2.99. The number of ether oxygens (including phenoxy) is 2. The van der Waals surface area contributed by atoms with Crippen molar-refractivity contribution in [1.29, 1.82) is 0 Å². The van der Waals surface area contributed by atoms with Gasteiger partial charge in [0.1, 0.15) is 11.3 Å². The lowest BCUT2D eigenvalue weighted by Gasteiger charge is -2.20. The summed E-state index contributed by atoms with van der Waals surface area (Å²) in [6, 6.07) is 6.44. The van der Waals surface area contributed by atoms with E-state index in [9.17, 15) is 22.8 Å². The third-order valence-corrected chi connectivity index (χ3v) is 4.62. The van der Waals surface area contributed by atoms with Crippen LogP contribution in [0.4, 0.5) is 18.9 Å². The summed E-state index contributed by atoms with van der Waals surface area (Å²) in [4.78, 5) is 25.9. The highest BCUT2D eigenvalue weighted by atomic mass is 79.9. The molecule has 0 unspecified atom stereocenters. The van der Waals surface area contributed by atoms with E-state index in [1.54, 1.807) is 29.0 Å². The molecule has 7 nitrogen and oxygen atoms in total. The first-order valence-electron chi connectivity index (χ1n) is 8.00. The monoisotopic (exact) mass is 471 g/mol. The second-order valence-electron chi connectivity index (χ2n) is 5.82. The minimum absolute atomic E-state index is 0.178. The molecule has 152 valence electrons. The van der Waals surface area contributed by atoms with E-state index in [2.05, 4.69) is 30.5 Å². The Balaban J connectivity index is 1.96. The van der Waals surface area contributed by atoms with Crippen LogP contribution in [0.2, 0.25) is 0 Å². The van der Waals surface area contributed by atoms with Crippen molar-refractivity contribution in [2.45, 2.75) is 6.36 Å². The zero-order valence-electron chi connectivity index (χ0n) is 15.0. The van der Waals surface area contributed by atoms with Gasteiger partial charge in [0.15, 0.2) is 0 Å². The van der Waals surface area contributed by atoms with E-state index in [4.69, 9.17) is 0 Å². The minimum Gasteiger partial charge on any atom is -0.465 e. The summed E-state index contributed by atoms with van der Waals surface area (Å²) in [7, 11) is 2.46. The molecule has 0 atom stereocenters. The van der Waals surface area contributed by atoms with E-state index in [0.717, 1.165) is 19.2 Å². The number of alkyl halides is 3. The SMILES string of the molecule is COC(=O)c1cc(N(C)C(=O)c2ccn3ncc(Br)c3c2)ccc1OC(F)(F)F. The molecule has 0 aliphatic heterocycles. The number of esters is 1. The lowest BCUT2D eigenvalue weighted by molar-refractivity contribution is -0.274. The number of halogens is 4. The molecule has 0 saturated carbocycles. The molecule has 1 aromatic carbocycles. The van der Waals surface area contributed by atoms with Gasteiger partial charge in [-0.2, -0.15) is 5.10 Å². The Kier molecular flexibility index (Phi) is 5.51. The Labute approximate surface area is 170 Å². The molecule has 3 aromatic rings. The largest absolute Gasteiger partial charge is 0.573 e. The highest BCUT2D eigenvalue weighted by Crippen LogP contribution is 2.31. The fraction of sp³-hybridized carbons (Fsp3) is 0.167. The van der Waals surface area contributed by atoms with Gasteiger partial charge in [-0.1, -0.05) is 0 Å². The molecule has 0 N–H and O–H groups in total. The second-order valence-corrected chi connectivity index (χ2v) is 6.68. The van der Waals surface area contributed by atoms with Gasteiger partial charge in [-0.05, 0) is 46.3 Å². The first-order valence-corrected chi connectivity index (χ1v) is 8.79. The van der Waals surface area contributed by atoms with Crippen LogP contribution < -0.4 is 9.64 Å². The zero-order valence-corrected chi connectivity index (χ0v) is 16.6. The van der Waals surface area contributed by atoms with Crippen molar-refractivity contribution < 1.29 is 32.2 Å². The van der Waals surface area contributed by atoms with E-state index < -0.39 is 29.6 Å². The number of methoxy groups -OCH3 is 1. The predicted octanol–water partition coefficient (Wildman–Crippen LogP) is 4.06. The summed E-state index contributed by atoms with van der Waals surface area (Å²) in [5, 5.41) is 4.09. The maximum Gasteiger partial charge on any atom is 0.573 e. The molecule has 0 aliphatic rings. The van der Waals surface area contributed by atoms with Crippen LogP contribution in [-0.2, 0) is 4.74 Å². The molecule has 0 aliphatic carbocycles. The molecule has 3 rings (SSSR count). The molecule has 1 amide bonds. The molecular weight excluding hydrogens is 459 g/mol. The van der Waals surface area contributed by atoms with Gasteiger partial charge in [-0.3, -0.25) is 4.79 Å². The van der Waals surface area contributed by atoms with Crippen molar-refractivity contribution in [3.05, 3.63) is 58.3 Å². The average molecular weight is 472 g/mol. The molecule has 0 fully saturated rings. The quantitative estimate of drug-likeness (QED) is 0.536. The van der Waals surface area contributed by atoms with E-state index in [1.165, 1.54) is 18.0 Å². The molecule has 2 heterocycles. The second kappa shape index (κ2) is 7.74. The van der Waals surface area contributed by atoms with Gasteiger partial charge in [0.25, 0.3) is 5.91 Å². The lowest BCUT2D eigenvalue weighted by Crippen LogP contribution is -2.27. The summed E-state index contributed by atoms with van der Waals surface area (Å²) < 4.78 is 48.4. The number of fused-ring (bicyclic) bond motifs is 1. The number of rotatable bonds is 4. The van der Waals surface area contributed by atoms with Crippen LogP contribution in [0.5, 0.6) is 5.75 Å². The van der Waals surface area contributed by atoms with Gasteiger partial charge in [0.2, 0.25) is 0 Å². The Morgan fingerprint density at radius 2 is 1.93 bits per heavy atom. The van der Waals surface area contributed by atoms with Crippen LogP contribution in [0, 0.1) is 0 Å². The number of benzene rings is 1. The van der Waals surface area contributed by atoms with Crippen molar-refractivity contribution in [3.8, 4) is 5.75 Å². The predicted molar refractivity (Wildman–Crippen MR) is 100 cm³/mol. The lowest BCUT2D eigenvalue weighted by atomic mass is 10.1. The molecule has 0 spiro atoms. The summed E-state index contributed by atoms with van der Waals surface area (Å²) in [5.74, 6) is -2.20. The topological polar surface area (TPSA) is 73.1 Å². The Bertz CT molecular complexity index is 1100.